The van der Waals surface area contributed by atoms with Crippen LogP contribution < -0.4 is 11.1 Å². The molecule has 1 aromatic carbocycles. The molecule has 7 heteroatoms. The third kappa shape index (κ3) is 2.05. The highest BCUT2D eigenvalue weighted by Gasteiger charge is 2.27. The zero-order valence-corrected chi connectivity index (χ0v) is 12.1. The van der Waals surface area contributed by atoms with Gasteiger partial charge in [0.15, 0.2) is 0 Å². The molecule has 1 aromatic heterocycles. The lowest BCUT2D eigenvalue weighted by atomic mass is 10.1. The maximum Gasteiger partial charge on any atom is 0.243 e. The minimum Gasteiger partial charge on any atom is -0.369 e. The predicted molar refractivity (Wildman–Crippen MR) is 78.1 cm³/mol. The number of carbonyl (C=O) groups excluding carboxylic acids is 1. The van der Waals surface area contributed by atoms with Crippen molar-refractivity contribution in [2.45, 2.75) is 18.9 Å². The summed E-state index contributed by atoms with van der Waals surface area (Å²) in [6, 6.07) is 2.62. The van der Waals surface area contributed by atoms with Gasteiger partial charge in [0.25, 0.3) is 0 Å². The number of nitrogens with zero attached hydrogens (tertiary/aromatic N) is 2. The molecule has 1 unspecified atom stereocenters. The summed E-state index contributed by atoms with van der Waals surface area (Å²) in [5.74, 6) is -0.167. The van der Waals surface area contributed by atoms with E-state index in [-0.39, 0.29) is 17.7 Å². The average Bonchev–Trinajstić information content (AvgIpc) is 2.66. The van der Waals surface area contributed by atoms with Crippen LogP contribution in [0.2, 0.25) is 0 Å². The van der Waals surface area contributed by atoms with E-state index in [0.717, 1.165) is 6.42 Å². The summed E-state index contributed by atoms with van der Waals surface area (Å²) in [5, 5.41) is 2.80. The zero-order valence-electron chi connectivity index (χ0n) is 9.99. The first-order valence-corrected chi connectivity index (χ1v) is 7.06. The standard InChI is InChI=1S/C12H12FIN4O/c13-6-4-10-8(5-7(6)14)17-12(15)18(10)9-2-1-3-16-11(9)19/h4-5,9H,1-3H2,(H2,15,17)(H,16,19). The van der Waals surface area contributed by atoms with Crippen LogP contribution in [0.4, 0.5) is 10.3 Å². The van der Waals surface area contributed by atoms with Crippen LogP contribution in [0.5, 0.6) is 0 Å². The Balaban J connectivity index is 2.19. The van der Waals surface area contributed by atoms with Crippen LogP contribution >= 0.6 is 22.6 Å². The van der Waals surface area contributed by atoms with Crippen molar-refractivity contribution in [3.05, 3.63) is 21.5 Å². The molecule has 0 radical (unpaired) electrons. The second-order valence-electron chi connectivity index (χ2n) is 4.54. The molecule has 1 amide bonds. The number of anilines is 1. The van der Waals surface area contributed by atoms with Crippen LogP contribution in [0.25, 0.3) is 11.0 Å². The molecule has 1 aliphatic rings. The van der Waals surface area contributed by atoms with Crippen molar-refractivity contribution in [1.82, 2.24) is 14.9 Å². The molecule has 3 N–H and O–H groups in total. The zero-order chi connectivity index (χ0) is 13.6. The molecule has 1 fully saturated rings. The summed E-state index contributed by atoms with van der Waals surface area (Å²) in [6.45, 7) is 0.675. The Bertz CT molecular complexity index is 669. The molecular formula is C12H12FIN4O. The van der Waals surface area contributed by atoms with Crippen LogP contribution in [-0.4, -0.2) is 22.0 Å². The van der Waals surface area contributed by atoms with Gasteiger partial charge in [-0.05, 0) is 41.5 Å². The summed E-state index contributed by atoms with van der Waals surface area (Å²) in [6.07, 6.45) is 1.57. The van der Waals surface area contributed by atoms with E-state index < -0.39 is 6.04 Å². The van der Waals surface area contributed by atoms with Crippen LogP contribution in [0, 0.1) is 9.39 Å². The van der Waals surface area contributed by atoms with Crippen LogP contribution in [-0.2, 0) is 4.79 Å². The Labute approximate surface area is 122 Å². The molecule has 0 spiro atoms. The first kappa shape index (κ1) is 12.6. The van der Waals surface area contributed by atoms with Gasteiger partial charge in [-0.25, -0.2) is 9.37 Å². The summed E-state index contributed by atoms with van der Waals surface area (Å²) in [5.41, 5.74) is 7.07. The summed E-state index contributed by atoms with van der Waals surface area (Å²) in [7, 11) is 0. The highest BCUT2D eigenvalue weighted by Crippen LogP contribution is 2.29. The Morgan fingerprint density at radius 3 is 3.05 bits per heavy atom. The van der Waals surface area contributed by atoms with Crippen molar-refractivity contribution in [3.8, 4) is 0 Å². The minimum atomic E-state index is -0.404. The van der Waals surface area contributed by atoms with Gasteiger partial charge in [0.05, 0.1) is 14.6 Å². The van der Waals surface area contributed by atoms with Crippen LogP contribution in [0.1, 0.15) is 18.9 Å². The number of aromatic nitrogens is 2. The molecule has 2 aromatic rings. The molecular weight excluding hydrogens is 362 g/mol. The van der Waals surface area contributed by atoms with E-state index >= 15 is 0 Å². The number of nitrogen functional groups attached to an aromatic ring is 1. The average molecular weight is 374 g/mol. The second-order valence-corrected chi connectivity index (χ2v) is 5.71. The Morgan fingerprint density at radius 1 is 1.53 bits per heavy atom. The number of rotatable bonds is 1. The smallest absolute Gasteiger partial charge is 0.243 e. The lowest BCUT2D eigenvalue weighted by molar-refractivity contribution is -0.125. The number of nitrogens with two attached hydrogens (primary N) is 1. The van der Waals surface area contributed by atoms with Crippen molar-refractivity contribution >= 4 is 45.5 Å². The summed E-state index contributed by atoms with van der Waals surface area (Å²) < 4.78 is 15.8. The molecule has 1 atom stereocenters. The second kappa shape index (κ2) is 4.62. The van der Waals surface area contributed by atoms with Gasteiger partial charge < -0.3 is 11.1 Å². The molecule has 1 aliphatic heterocycles. The third-order valence-electron chi connectivity index (χ3n) is 3.33. The fourth-order valence-electron chi connectivity index (χ4n) is 2.44. The predicted octanol–water partition coefficient (Wildman–Crippen LogP) is 1.81. The monoisotopic (exact) mass is 374 g/mol. The fourth-order valence-corrected chi connectivity index (χ4v) is 2.89. The summed E-state index contributed by atoms with van der Waals surface area (Å²) >= 11 is 1.91. The molecule has 0 bridgehead atoms. The van der Waals surface area contributed by atoms with E-state index in [1.165, 1.54) is 6.07 Å². The van der Waals surface area contributed by atoms with Gasteiger partial charge in [-0.2, -0.15) is 0 Å². The molecule has 2 heterocycles. The molecule has 0 saturated carbocycles. The number of amides is 1. The number of benzene rings is 1. The number of carbonyl (C=O) groups is 1. The fraction of sp³-hybridized carbons (Fsp3) is 0.333. The molecule has 19 heavy (non-hydrogen) atoms. The van der Waals surface area contributed by atoms with Gasteiger partial charge in [0.1, 0.15) is 11.9 Å². The number of nitrogens with one attached hydrogen (secondary N) is 1. The van der Waals surface area contributed by atoms with Crippen molar-refractivity contribution < 1.29 is 9.18 Å². The van der Waals surface area contributed by atoms with Gasteiger partial charge in [-0.15, -0.1) is 0 Å². The molecule has 100 valence electrons. The number of imidazole rings is 1. The highest BCUT2D eigenvalue weighted by atomic mass is 127. The Hall–Kier alpha value is -1.38. The minimum absolute atomic E-state index is 0.0868. The molecule has 3 rings (SSSR count). The van der Waals surface area contributed by atoms with Crippen molar-refractivity contribution in [2.75, 3.05) is 12.3 Å². The summed E-state index contributed by atoms with van der Waals surface area (Å²) in [4.78, 5) is 16.1. The van der Waals surface area contributed by atoms with Crippen LogP contribution in [0.15, 0.2) is 12.1 Å². The van der Waals surface area contributed by atoms with E-state index in [1.807, 2.05) is 22.6 Å². The van der Waals surface area contributed by atoms with E-state index in [9.17, 15) is 9.18 Å². The molecule has 1 saturated heterocycles. The van der Waals surface area contributed by atoms with Gasteiger partial charge in [0, 0.05) is 12.6 Å². The van der Waals surface area contributed by atoms with E-state index in [0.29, 0.717) is 27.6 Å². The van der Waals surface area contributed by atoms with Gasteiger partial charge in [-0.1, -0.05) is 0 Å². The first-order valence-electron chi connectivity index (χ1n) is 5.98. The van der Waals surface area contributed by atoms with Crippen molar-refractivity contribution in [2.24, 2.45) is 0 Å². The first-order chi connectivity index (χ1) is 9.08. The van der Waals surface area contributed by atoms with Gasteiger partial charge in [0.2, 0.25) is 11.9 Å². The van der Waals surface area contributed by atoms with E-state index in [4.69, 9.17) is 5.73 Å². The largest absolute Gasteiger partial charge is 0.369 e. The van der Waals surface area contributed by atoms with E-state index in [2.05, 4.69) is 10.3 Å². The van der Waals surface area contributed by atoms with Crippen molar-refractivity contribution in [1.29, 1.82) is 0 Å². The quantitative estimate of drug-likeness (QED) is 0.748. The van der Waals surface area contributed by atoms with Gasteiger partial charge >= 0.3 is 0 Å². The maximum atomic E-state index is 13.7. The molecule has 5 nitrogen and oxygen atoms in total. The number of halogens is 2. The van der Waals surface area contributed by atoms with E-state index in [1.54, 1.807) is 10.6 Å². The van der Waals surface area contributed by atoms with Crippen molar-refractivity contribution in [3.63, 3.8) is 0 Å². The lowest BCUT2D eigenvalue weighted by Gasteiger charge is -2.24. The topological polar surface area (TPSA) is 72.9 Å². The van der Waals surface area contributed by atoms with Gasteiger partial charge in [-0.3, -0.25) is 9.36 Å². The third-order valence-corrected chi connectivity index (χ3v) is 4.15. The SMILES string of the molecule is Nc1nc2cc(I)c(F)cc2n1C1CCCNC1=O. The number of fused-ring (bicyclic) bond motifs is 1. The van der Waals surface area contributed by atoms with Crippen LogP contribution in [0.3, 0.4) is 0 Å². The number of hydrogen-bond donors (Lipinski definition) is 2. The maximum absolute atomic E-state index is 13.7. The highest BCUT2D eigenvalue weighted by molar-refractivity contribution is 14.1. The Morgan fingerprint density at radius 2 is 2.32 bits per heavy atom. The number of piperidine rings is 1. The molecule has 0 aliphatic carbocycles. The lowest BCUT2D eigenvalue weighted by Crippen LogP contribution is -2.38. The Kier molecular flexibility index (Phi) is 3.08. The normalized spacial score (nSPS) is 19.7. The number of hydrogen-bond acceptors (Lipinski definition) is 3.